The molecule has 1 amide bonds. The molecule has 4 rings (SSSR count). The Kier molecular flexibility index (Phi) is 7.85. The molecule has 1 N–H and O–H groups in total. The Hall–Kier alpha value is -4.33. The van der Waals surface area contributed by atoms with E-state index in [2.05, 4.69) is 5.32 Å². The topological polar surface area (TPSA) is 91.6 Å². The van der Waals surface area contributed by atoms with Gasteiger partial charge < -0.3 is 14.8 Å². The molecule has 0 unspecified atom stereocenters. The lowest BCUT2D eigenvalue weighted by atomic mass is 10.1. The minimum absolute atomic E-state index is 0.000513. The highest BCUT2D eigenvalue weighted by Crippen LogP contribution is 2.27. The van der Waals surface area contributed by atoms with Crippen LogP contribution < -0.4 is 26.0 Å². The monoisotopic (exact) mass is 487 g/mol. The third kappa shape index (κ3) is 5.49. The highest BCUT2D eigenvalue weighted by molar-refractivity contribution is 5.78. The van der Waals surface area contributed by atoms with Gasteiger partial charge in [-0.3, -0.25) is 18.7 Å². The molecule has 8 heteroatoms. The number of benzene rings is 3. The second-order valence-corrected chi connectivity index (χ2v) is 8.37. The summed E-state index contributed by atoms with van der Waals surface area (Å²) in [4.78, 5) is 38.9. The van der Waals surface area contributed by atoms with Gasteiger partial charge in [-0.15, -0.1) is 0 Å². The first kappa shape index (κ1) is 24.8. The Morgan fingerprint density at radius 1 is 0.833 bits per heavy atom. The van der Waals surface area contributed by atoms with E-state index < -0.39 is 11.2 Å². The van der Waals surface area contributed by atoms with Crippen molar-refractivity contribution < 1.29 is 14.3 Å². The molecule has 0 saturated heterocycles. The van der Waals surface area contributed by atoms with E-state index in [1.165, 1.54) is 0 Å². The largest absolute Gasteiger partial charge is 0.493 e. The highest BCUT2D eigenvalue weighted by atomic mass is 16.5. The maximum absolute atomic E-state index is 13.3. The van der Waals surface area contributed by atoms with E-state index in [1.54, 1.807) is 43.1 Å². The van der Waals surface area contributed by atoms with Gasteiger partial charge >= 0.3 is 5.69 Å². The molecule has 0 fully saturated rings. The molecule has 0 spiro atoms. The van der Waals surface area contributed by atoms with Gasteiger partial charge in [0.05, 0.1) is 31.7 Å². The smallest absolute Gasteiger partial charge is 0.331 e. The zero-order chi connectivity index (χ0) is 25.5. The van der Waals surface area contributed by atoms with Crippen molar-refractivity contribution in [3.05, 3.63) is 105 Å². The van der Waals surface area contributed by atoms with Crippen molar-refractivity contribution in [1.29, 1.82) is 0 Å². The lowest BCUT2D eigenvalue weighted by molar-refractivity contribution is -0.121. The van der Waals surface area contributed by atoms with Crippen LogP contribution in [0, 0.1) is 0 Å². The van der Waals surface area contributed by atoms with Crippen molar-refractivity contribution in [2.24, 2.45) is 0 Å². The Morgan fingerprint density at radius 3 is 2.31 bits per heavy atom. The van der Waals surface area contributed by atoms with Crippen molar-refractivity contribution >= 4 is 16.8 Å². The molecule has 0 bridgehead atoms. The number of rotatable bonds is 10. The molecule has 8 nitrogen and oxygen atoms in total. The summed E-state index contributed by atoms with van der Waals surface area (Å²) >= 11 is 0. The molecule has 0 saturated carbocycles. The molecule has 1 aromatic heterocycles. The zero-order valence-corrected chi connectivity index (χ0v) is 20.4. The van der Waals surface area contributed by atoms with Crippen LogP contribution in [0.4, 0.5) is 0 Å². The predicted molar refractivity (Wildman–Crippen MR) is 139 cm³/mol. The van der Waals surface area contributed by atoms with Crippen molar-refractivity contribution in [2.45, 2.75) is 25.9 Å². The summed E-state index contributed by atoms with van der Waals surface area (Å²) in [5.74, 6) is 1.04. The molecule has 0 radical (unpaired) electrons. The first-order valence-corrected chi connectivity index (χ1v) is 11.8. The number of nitrogens with zero attached hydrogens (tertiary/aromatic N) is 2. The SMILES string of the molecule is COc1ccc(CCNC(=O)CCn2c(=O)c3ccccc3n(Cc3ccccc3)c2=O)cc1OC. The normalized spacial score (nSPS) is 10.8. The fourth-order valence-electron chi connectivity index (χ4n) is 4.17. The Balaban J connectivity index is 1.46. The van der Waals surface area contributed by atoms with Crippen molar-refractivity contribution in [3.63, 3.8) is 0 Å². The van der Waals surface area contributed by atoms with E-state index in [0.717, 1.165) is 15.7 Å². The maximum atomic E-state index is 13.3. The summed E-state index contributed by atoms with van der Waals surface area (Å²) in [7, 11) is 3.15. The zero-order valence-electron chi connectivity index (χ0n) is 20.4. The van der Waals surface area contributed by atoms with Crippen LogP contribution in [0.2, 0.25) is 0 Å². The maximum Gasteiger partial charge on any atom is 0.331 e. The van der Waals surface area contributed by atoms with Crippen LogP contribution in [0.25, 0.3) is 10.9 Å². The van der Waals surface area contributed by atoms with E-state index in [9.17, 15) is 14.4 Å². The minimum Gasteiger partial charge on any atom is -0.493 e. The number of amides is 1. The Morgan fingerprint density at radius 2 is 1.56 bits per heavy atom. The molecule has 0 aliphatic heterocycles. The van der Waals surface area contributed by atoms with E-state index in [1.807, 2.05) is 48.5 Å². The van der Waals surface area contributed by atoms with Gasteiger partial charge in [0.1, 0.15) is 0 Å². The Bertz CT molecular complexity index is 1470. The number of carbonyl (C=O) groups excluding carboxylic acids is 1. The molecule has 0 aliphatic rings. The molecular weight excluding hydrogens is 458 g/mol. The number of hydrogen-bond acceptors (Lipinski definition) is 5. The number of para-hydroxylation sites is 1. The second-order valence-electron chi connectivity index (χ2n) is 8.37. The van der Waals surface area contributed by atoms with E-state index in [0.29, 0.717) is 41.9 Å². The summed E-state index contributed by atoms with van der Waals surface area (Å²) < 4.78 is 13.3. The summed E-state index contributed by atoms with van der Waals surface area (Å²) in [5.41, 5.74) is 1.69. The van der Waals surface area contributed by atoms with E-state index in [4.69, 9.17) is 9.47 Å². The Labute approximate surface area is 208 Å². The number of nitrogens with one attached hydrogen (secondary N) is 1. The third-order valence-corrected chi connectivity index (χ3v) is 6.06. The summed E-state index contributed by atoms with van der Waals surface area (Å²) in [5, 5.41) is 3.31. The van der Waals surface area contributed by atoms with Gasteiger partial charge in [-0.1, -0.05) is 48.5 Å². The standard InChI is InChI=1S/C28H29N3O5/c1-35-24-13-12-20(18-25(24)36-2)14-16-29-26(32)15-17-30-27(33)22-10-6-7-11-23(22)31(28(30)34)19-21-8-4-3-5-9-21/h3-13,18H,14-17,19H2,1-2H3,(H,29,32). The molecular formula is C28H29N3O5. The number of hydrogen-bond donors (Lipinski definition) is 1. The second kappa shape index (κ2) is 11.4. The van der Waals surface area contributed by atoms with Crippen molar-refractivity contribution in [1.82, 2.24) is 14.5 Å². The fraction of sp³-hybridized carbons (Fsp3) is 0.250. The van der Waals surface area contributed by atoms with Crippen LogP contribution >= 0.6 is 0 Å². The molecule has 0 aliphatic carbocycles. The van der Waals surface area contributed by atoms with Crippen LogP contribution in [-0.4, -0.2) is 35.8 Å². The predicted octanol–water partition coefficient (Wildman–Crippen LogP) is 2.98. The third-order valence-electron chi connectivity index (χ3n) is 6.06. The van der Waals surface area contributed by atoms with Crippen LogP contribution in [0.3, 0.4) is 0 Å². The van der Waals surface area contributed by atoms with E-state index >= 15 is 0 Å². The molecule has 36 heavy (non-hydrogen) atoms. The number of ether oxygens (including phenoxy) is 2. The highest BCUT2D eigenvalue weighted by Gasteiger charge is 2.14. The minimum atomic E-state index is -0.430. The van der Waals surface area contributed by atoms with Crippen molar-refractivity contribution in [3.8, 4) is 11.5 Å². The number of aromatic nitrogens is 2. The summed E-state index contributed by atoms with van der Waals surface area (Å²) in [6.07, 6.45) is 0.622. The van der Waals surface area contributed by atoms with Gasteiger partial charge in [0.15, 0.2) is 11.5 Å². The van der Waals surface area contributed by atoms with E-state index in [-0.39, 0.29) is 18.9 Å². The lowest BCUT2D eigenvalue weighted by Gasteiger charge is -2.14. The molecule has 4 aromatic rings. The first-order chi connectivity index (χ1) is 17.5. The van der Waals surface area contributed by atoms with Crippen LogP contribution in [0.1, 0.15) is 17.5 Å². The van der Waals surface area contributed by atoms with Gasteiger partial charge in [-0.2, -0.15) is 0 Å². The number of methoxy groups -OCH3 is 2. The molecule has 186 valence electrons. The average Bonchev–Trinajstić information content (AvgIpc) is 2.91. The number of carbonyl (C=O) groups is 1. The van der Waals surface area contributed by atoms with Crippen molar-refractivity contribution in [2.75, 3.05) is 20.8 Å². The van der Waals surface area contributed by atoms with Crippen LogP contribution in [0.5, 0.6) is 11.5 Å². The van der Waals surface area contributed by atoms with Gasteiger partial charge in [0.2, 0.25) is 5.91 Å². The molecule has 0 atom stereocenters. The fourth-order valence-corrected chi connectivity index (χ4v) is 4.17. The van der Waals surface area contributed by atoms with Crippen LogP contribution in [-0.2, 0) is 24.3 Å². The van der Waals surface area contributed by atoms with Gasteiger partial charge in [-0.25, -0.2) is 4.79 Å². The van der Waals surface area contributed by atoms with Gasteiger partial charge in [0, 0.05) is 19.5 Å². The quantitative estimate of drug-likeness (QED) is 0.371. The average molecular weight is 488 g/mol. The van der Waals surface area contributed by atoms with Gasteiger partial charge in [0.25, 0.3) is 5.56 Å². The number of fused-ring (bicyclic) bond motifs is 1. The lowest BCUT2D eigenvalue weighted by Crippen LogP contribution is -2.41. The van der Waals surface area contributed by atoms with Crippen LogP contribution in [0.15, 0.2) is 82.4 Å². The molecule has 3 aromatic carbocycles. The van der Waals surface area contributed by atoms with Gasteiger partial charge in [-0.05, 0) is 41.8 Å². The molecule has 1 heterocycles. The summed E-state index contributed by atoms with van der Waals surface area (Å²) in [6.45, 7) is 0.747. The summed E-state index contributed by atoms with van der Waals surface area (Å²) in [6, 6.07) is 22.3. The first-order valence-electron chi connectivity index (χ1n) is 11.8.